The number of carbonyl (C=O) groups excluding carboxylic acids is 1. The van der Waals surface area contributed by atoms with E-state index in [-0.39, 0.29) is 0 Å². The van der Waals surface area contributed by atoms with Gasteiger partial charge in [0.2, 0.25) is 5.91 Å². The molecule has 0 aromatic rings. The van der Waals surface area contributed by atoms with E-state index in [1.807, 2.05) is 0 Å². The first kappa shape index (κ1) is 12.6. The SMILES string of the molecule is CC(=O)O.COC(C)C(N)=O. The number of carbonyl (C=O) groups is 2. The molecular formula is C6H13NO4. The second-order valence-corrected chi connectivity index (χ2v) is 1.80. The van der Waals surface area contributed by atoms with Crippen LogP contribution in [0.2, 0.25) is 0 Å². The van der Waals surface area contributed by atoms with Crippen LogP contribution in [0.4, 0.5) is 0 Å². The van der Waals surface area contributed by atoms with Gasteiger partial charge in [-0.3, -0.25) is 9.59 Å². The Bertz CT molecular complexity index is 131. The number of methoxy groups -OCH3 is 1. The molecule has 0 aliphatic carbocycles. The van der Waals surface area contributed by atoms with E-state index in [1.165, 1.54) is 7.11 Å². The smallest absolute Gasteiger partial charge is 0.300 e. The molecule has 0 spiro atoms. The van der Waals surface area contributed by atoms with Crippen molar-refractivity contribution in [3.05, 3.63) is 0 Å². The number of nitrogens with two attached hydrogens (primary N) is 1. The van der Waals surface area contributed by atoms with Gasteiger partial charge in [-0.2, -0.15) is 0 Å². The third-order valence-electron chi connectivity index (χ3n) is 0.754. The molecular weight excluding hydrogens is 150 g/mol. The van der Waals surface area contributed by atoms with E-state index < -0.39 is 18.0 Å². The highest BCUT2D eigenvalue weighted by Gasteiger charge is 2.03. The zero-order valence-corrected chi connectivity index (χ0v) is 6.83. The highest BCUT2D eigenvalue weighted by atomic mass is 16.5. The Hall–Kier alpha value is -1.10. The van der Waals surface area contributed by atoms with Crippen molar-refractivity contribution in [2.24, 2.45) is 5.73 Å². The van der Waals surface area contributed by atoms with Crippen molar-refractivity contribution in [2.75, 3.05) is 7.11 Å². The van der Waals surface area contributed by atoms with Gasteiger partial charge in [-0.15, -0.1) is 0 Å². The van der Waals surface area contributed by atoms with E-state index >= 15 is 0 Å². The van der Waals surface area contributed by atoms with Gasteiger partial charge in [0.15, 0.2) is 0 Å². The van der Waals surface area contributed by atoms with E-state index in [4.69, 9.17) is 15.6 Å². The van der Waals surface area contributed by atoms with Crippen molar-refractivity contribution < 1.29 is 19.4 Å². The van der Waals surface area contributed by atoms with Gasteiger partial charge in [-0.05, 0) is 6.92 Å². The lowest BCUT2D eigenvalue weighted by Crippen LogP contribution is -2.26. The fourth-order valence-electron chi connectivity index (χ4n) is 0.116. The average molecular weight is 163 g/mol. The van der Waals surface area contributed by atoms with Crippen molar-refractivity contribution >= 4 is 11.9 Å². The molecule has 0 heterocycles. The normalized spacial score (nSPS) is 10.8. The second kappa shape index (κ2) is 7.01. The van der Waals surface area contributed by atoms with Gasteiger partial charge in [0.1, 0.15) is 6.10 Å². The third kappa shape index (κ3) is 17.6. The molecule has 0 aromatic heterocycles. The summed E-state index contributed by atoms with van der Waals surface area (Å²) in [7, 11) is 1.44. The molecule has 0 aliphatic rings. The number of carboxylic acid groups (broad SMARTS) is 1. The number of carboxylic acids is 1. The van der Waals surface area contributed by atoms with Gasteiger partial charge in [-0.25, -0.2) is 0 Å². The molecule has 1 unspecified atom stereocenters. The molecule has 66 valence electrons. The van der Waals surface area contributed by atoms with Crippen LogP contribution >= 0.6 is 0 Å². The van der Waals surface area contributed by atoms with Crippen molar-refractivity contribution in [1.82, 2.24) is 0 Å². The summed E-state index contributed by atoms with van der Waals surface area (Å²) in [5, 5.41) is 7.42. The minimum Gasteiger partial charge on any atom is -0.481 e. The Morgan fingerprint density at radius 1 is 1.55 bits per heavy atom. The number of primary amides is 1. The summed E-state index contributed by atoms with van der Waals surface area (Å²) in [5.41, 5.74) is 4.78. The van der Waals surface area contributed by atoms with Crippen molar-refractivity contribution in [3.63, 3.8) is 0 Å². The molecule has 0 rings (SSSR count). The van der Waals surface area contributed by atoms with E-state index in [0.717, 1.165) is 6.92 Å². The lowest BCUT2D eigenvalue weighted by molar-refractivity contribution is -0.134. The standard InChI is InChI=1S/C4H9NO2.C2H4O2/c1-3(7-2)4(5)6;1-2(3)4/h3H,1-2H3,(H2,5,6);1H3,(H,3,4). The first-order valence-corrected chi connectivity index (χ1v) is 2.93. The van der Waals surface area contributed by atoms with Gasteiger partial charge >= 0.3 is 0 Å². The maximum Gasteiger partial charge on any atom is 0.300 e. The molecule has 0 fully saturated rings. The molecule has 5 nitrogen and oxygen atoms in total. The number of hydrogen-bond donors (Lipinski definition) is 2. The van der Waals surface area contributed by atoms with Gasteiger partial charge in [0.05, 0.1) is 0 Å². The summed E-state index contributed by atoms with van der Waals surface area (Å²) < 4.78 is 4.54. The average Bonchev–Trinajstić information content (AvgIpc) is 1.85. The van der Waals surface area contributed by atoms with Gasteiger partial charge in [-0.1, -0.05) is 0 Å². The van der Waals surface area contributed by atoms with Crippen molar-refractivity contribution in [1.29, 1.82) is 0 Å². The van der Waals surface area contributed by atoms with Gasteiger partial charge in [0, 0.05) is 14.0 Å². The summed E-state index contributed by atoms with van der Waals surface area (Å²) in [6.45, 7) is 2.68. The number of ether oxygens (including phenoxy) is 1. The van der Waals surface area contributed by atoms with E-state index in [2.05, 4.69) is 4.74 Å². The van der Waals surface area contributed by atoms with Crippen LogP contribution in [0, 0.1) is 0 Å². The molecule has 0 radical (unpaired) electrons. The molecule has 0 aromatic carbocycles. The summed E-state index contributed by atoms with van der Waals surface area (Å²) in [4.78, 5) is 19.0. The minimum absolute atomic E-state index is 0.428. The summed E-state index contributed by atoms with van der Waals surface area (Å²) in [5.74, 6) is -1.26. The maximum absolute atomic E-state index is 10.0. The van der Waals surface area contributed by atoms with Crippen molar-refractivity contribution in [3.8, 4) is 0 Å². The van der Waals surface area contributed by atoms with Crippen LogP contribution in [0.25, 0.3) is 0 Å². The zero-order valence-electron chi connectivity index (χ0n) is 6.83. The van der Waals surface area contributed by atoms with E-state index in [1.54, 1.807) is 6.92 Å². The molecule has 5 heteroatoms. The maximum atomic E-state index is 10.0. The summed E-state index contributed by atoms with van der Waals surface area (Å²) in [6.07, 6.45) is -0.458. The lowest BCUT2D eigenvalue weighted by Gasteiger charge is -2.00. The van der Waals surface area contributed by atoms with Crippen LogP contribution < -0.4 is 5.73 Å². The molecule has 3 N–H and O–H groups in total. The quantitative estimate of drug-likeness (QED) is 0.579. The fraction of sp³-hybridized carbons (Fsp3) is 0.667. The van der Waals surface area contributed by atoms with Gasteiger partial charge in [0.25, 0.3) is 5.97 Å². The Kier molecular flexibility index (Phi) is 8.01. The molecule has 1 atom stereocenters. The lowest BCUT2D eigenvalue weighted by atomic mass is 10.4. The predicted octanol–water partition coefficient (Wildman–Crippen LogP) is -0.402. The van der Waals surface area contributed by atoms with Crippen LogP contribution in [-0.4, -0.2) is 30.2 Å². The second-order valence-electron chi connectivity index (χ2n) is 1.80. The highest BCUT2D eigenvalue weighted by molar-refractivity contribution is 5.78. The Morgan fingerprint density at radius 2 is 1.82 bits per heavy atom. The molecule has 11 heavy (non-hydrogen) atoms. The first-order valence-electron chi connectivity index (χ1n) is 2.93. The predicted molar refractivity (Wildman–Crippen MR) is 39.0 cm³/mol. The topological polar surface area (TPSA) is 89.6 Å². The Balaban J connectivity index is 0. The highest BCUT2D eigenvalue weighted by Crippen LogP contribution is 1.81. The van der Waals surface area contributed by atoms with Crippen LogP contribution in [0.15, 0.2) is 0 Å². The number of aliphatic carboxylic acids is 1. The van der Waals surface area contributed by atoms with Crippen molar-refractivity contribution in [2.45, 2.75) is 20.0 Å². The van der Waals surface area contributed by atoms with Crippen LogP contribution in [-0.2, 0) is 14.3 Å². The summed E-state index contributed by atoms with van der Waals surface area (Å²) >= 11 is 0. The van der Waals surface area contributed by atoms with Crippen LogP contribution in [0.5, 0.6) is 0 Å². The molecule has 0 bridgehead atoms. The number of hydrogen-bond acceptors (Lipinski definition) is 3. The monoisotopic (exact) mass is 163 g/mol. The molecule has 0 aliphatic heterocycles. The first-order chi connectivity index (χ1) is 4.91. The van der Waals surface area contributed by atoms with Gasteiger partial charge < -0.3 is 15.6 Å². The van der Waals surface area contributed by atoms with E-state index in [9.17, 15) is 4.79 Å². The Labute approximate surface area is 65.1 Å². The molecule has 1 amide bonds. The van der Waals surface area contributed by atoms with E-state index in [0.29, 0.717) is 0 Å². The van der Waals surface area contributed by atoms with Crippen LogP contribution in [0.1, 0.15) is 13.8 Å². The van der Waals surface area contributed by atoms with Crippen LogP contribution in [0.3, 0.4) is 0 Å². The minimum atomic E-state index is -0.833. The fourth-order valence-corrected chi connectivity index (χ4v) is 0.116. The Morgan fingerprint density at radius 3 is 1.82 bits per heavy atom. The molecule has 0 saturated carbocycles. The third-order valence-corrected chi connectivity index (χ3v) is 0.754. The zero-order chi connectivity index (χ0) is 9.44. The number of amides is 1. The largest absolute Gasteiger partial charge is 0.481 e. The molecule has 0 saturated heterocycles. The number of rotatable bonds is 2. The summed E-state index contributed by atoms with van der Waals surface area (Å²) in [6, 6.07) is 0.